The van der Waals surface area contributed by atoms with Gasteiger partial charge in [-0.3, -0.25) is 0 Å². The molecule has 3 aromatic carbocycles. The van der Waals surface area contributed by atoms with Gasteiger partial charge in [0.15, 0.2) is 0 Å². The molecule has 1 aromatic heterocycles. The molecule has 2 nitrogen and oxygen atoms in total. The summed E-state index contributed by atoms with van der Waals surface area (Å²) >= 11 is 12.4. The van der Waals surface area contributed by atoms with Crippen LogP contribution in [-0.4, -0.2) is 12.0 Å². The van der Waals surface area contributed by atoms with Gasteiger partial charge in [0, 0.05) is 33.4 Å². The second-order valence-electron chi connectivity index (χ2n) is 6.04. The topological polar surface area (TPSA) is 16.1 Å². The zero-order valence-electron chi connectivity index (χ0n) is 12.8. The van der Waals surface area contributed by atoms with Crippen molar-refractivity contribution in [3.05, 3.63) is 64.6 Å². The van der Waals surface area contributed by atoms with Crippen molar-refractivity contribution in [2.45, 2.75) is 0 Å². The van der Waals surface area contributed by atoms with E-state index in [1.54, 1.807) is 0 Å². The summed E-state index contributed by atoms with van der Waals surface area (Å²) in [5, 5.41) is 4.85. The molecule has 0 radical (unpaired) electrons. The van der Waals surface area contributed by atoms with E-state index in [2.05, 4.69) is 30.1 Å². The number of fused-ring (bicyclic) bond motifs is 4. The molecule has 4 aromatic rings. The molecule has 0 amide bonds. The zero-order valence-corrected chi connectivity index (χ0v) is 14.4. The van der Waals surface area contributed by atoms with E-state index in [-0.39, 0.29) is 0 Å². The van der Waals surface area contributed by atoms with E-state index >= 15 is 0 Å². The first-order valence-electron chi connectivity index (χ1n) is 7.69. The van der Waals surface area contributed by atoms with Crippen LogP contribution in [0.3, 0.4) is 0 Å². The van der Waals surface area contributed by atoms with E-state index in [9.17, 15) is 0 Å². The highest BCUT2D eigenvalue weighted by Crippen LogP contribution is 2.48. The summed E-state index contributed by atoms with van der Waals surface area (Å²) in [6, 6.07) is 18.1. The quantitative estimate of drug-likeness (QED) is 0.339. The Bertz CT molecular complexity index is 1150. The molecule has 0 saturated carbocycles. The average molecular weight is 351 g/mol. The van der Waals surface area contributed by atoms with Crippen molar-refractivity contribution in [3.63, 3.8) is 0 Å². The van der Waals surface area contributed by atoms with E-state index in [1.165, 1.54) is 5.39 Å². The van der Waals surface area contributed by atoms with Crippen molar-refractivity contribution >= 4 is 56.3 Å². The fourth-order valence-electron chi connectivity index (χ4n) is 3.60. The Morgan fingerprint density at radius 1 is 0.833 bits per heavy atom. The molecule has 0 fully saturated rings. The lowest BCUT2D eigenvalue weighted by atomic mass is 9.94. The molecular weight excluding hydrogens is 339 g/mol. The zero-order chi connectivity index (χ0) is 16.4. The molecule has 5 rings (SSSR count). The SMILES string of the molecule is CN1c2cc(Cl)ccc2-c2nc3ccc(Cl)cc3c3cccc1c23. The predicted molar refractivity (Wildman–Crippen MR) is 103 cm³/mol. The molecule has 0 saturated heterocycles. The average Bonchev–Trinajstić information content (AvgIpc) is 2.59. The molecule has 0 atom stereocenters. The van der Waals surface area contributed by atoms with Crippen LogP contribution < -0.4 is 4.90 Å². The summed E-state index contributed by atoms with van der Waals surface area (Å²) in [4.78, 5) is 7.13. The minimum absolute atomic E-state index is 0.723. The molecule has 0 N–H and O–H groups in total. The van der Waals surface area contributed by atoms with Crippen LogP contribution in [0.4, 0.5) is 11.4 Å². The van der Waals surface area contributed by atoms with Crippen molar-refractivity contribution < 1.29 is 0 Å². The van der Waals surface area contributed by atoms with E-state index in [0.717, 1.165) is 49.0 Å². The van der Waals surface area contributed by atoms with E-state index < -0.39 is 0 Å². The molecule has 116 valence electrons. The first-order valence-corrected chi connectivity index (χ1v) is 8.45. The number of benzene rings is 3. The molecule has 24 heavy (non-hydrogen) atoms. The molecule has 2 heterocycles. The number of halogens is 2. The van der Waals surface area contributed by atoms with Crippen molar-refractivity contribution in [2.24, 2.45) is 0 Å². The van der Waals surface area contributed by atoms with Crippen LogP contribution in [0.5, 0.6) is 0 Å². The summed E-state index contributed by atoms with van der Waals surface area (Å²) in [6.07, 6.45) is 0. The number of aromatic nitrogens is 1. The van der Waals surface area contributed by atoms with Crippen molar-refractivity contribution in [2.75, 3.05) is 11.9 Å². The summed E-state index contributed by atoms with van der Waals surface area (Å²) in [5.41, 5.74) is 5.25. The standard InChI is InChI=1S/C20H12Cl2N2/c1-24-17-4-2-3-13-15-9-11(21)6-8-16(15)23-20(19(13)17)14-7-5-12(22)10-18(14)24/h2-10H,1H3. The van der Waals surface area contributed by atoms with Crippen LogP contribution in [0.15, 0.2) is 54.6 Å². The monoisotopic (exact) mass is 350 g/mol. The van der Waals surface area contributed by atoms with Gasteiger partial charge in [0.25, 0.3) is 0 Å². The fourth-order valence-corrected chi connectivity index (χ4v) is 3.94. The first-order chi connectivity index (χ1) is 11.6. The maximum Gasteiger partial charge on any atom is 0.0830 e. The Morgan fingerprint density at radius 2 is 1.62 bits per heavy atom. The molecule has 0 aliphatic carbocycles. The van der Waals surface area contributed by atoms with Crippen LogP contribution in [0.25, 0.3) is 32.9 Å². The Hall–Kier alpha value is -2.29. The second-order valence-corrected chi connectivity index (χ2v) is 6.91. The van der Waals surface area contributed by atoms with Gasteiger partial charge in [-0.15, -0.1) is 0 Å². The van der Waals surface area contributed by atoms with Gasteiger partial charge in [-0.2, -0.15) is 0 Å². The number of anilines is 2. The Morgan fingerprint density at radius 3 is 2.50 bits per heavy atom. The number of rotatable bonds is 0. The van der Waals surface area contributed by atoms with Crippen LogP contribution in [0.2, 0.25) is 10.0 Å². The maximum absolute atomic E-state index is 6.22. The Kier molecular flexibility index (Phi) is 2.85. The summed E-state index contributed by atoms with van der Waals surface area (Å²) < 4.78 is 0. The second kappa shape index (κ2) is 4.85. The predicted octanol–water partition coefficient (Wildman–Crippen LogP) is 6.44. The molecule has 0 bridgehead atoms. The third-order valence-electron chi connectivity index (χ3n) is 4.70. The third-order valence-corrected chi connectivity index (χ3v) is 5.17. The lowest BCUT2D eigenvalue weighted by Crippen LogP contribution is -2.15. The number of hydrogen-bond acceptors (Lipinski definition) is 2. The van der Waals surface area contributed by atoms with E-state index in [0.29, 0.717) is 0 Å². The Labute approximate surface area is 149 Å². The number of hydrogen-bond donors (Lipinski definition) is 0. The first kappa shape index (κ1) is 14.1. The number of pyridine rings is 1. The summed E-state index contributed by atoms with van der Waals surface area (Å²) in [6.45, 7) is 0. The van der Waals surface area contributed by atoms with Gasteiger partial charge < -0.3 is 4.90 Å². The van der Waals surface area contributed by atoms with Gasteiger partial charge in [-0.25, -0.2) is 4.98 Å². The van der Waals surface area contributed by atoms with Gasteiger partial charge in [0.2, 0.25) is 0 Å². The molecule has 4 heteroatoms. The van der Waals surface area contributed by atoms with E-state index in [4.69, 9.17) is 28.2 Å². The fraction of sp³-hybridized carbons (Fsp3) is 0.0500. The van der Waals surface area contributed by atoms with Crippen LogP contribution in [0, 0.1) is 0 Å². The lowest BCUT2D eigenvalue weighted by Gasteiger charge is -2.30. The van der Waals surface area contributed by atoms with Crippen molar-refractivity contribution in [3.8, 4) is 11.3 Å². The van der Waals surface area contributed by atoms with E-state index in [1.807, 2.05) is 36.4 Å². The number of nitrogens with zero attached hydrogens (tertiary/aromatic N) is 2. The van der Waals surface area contributed by atoms with Gasteiger partial charge >= 0.3 is 0 Å². The van der Waals surface area contributed by atoms with Crippen LogP contribution in [-0.2, 0) is 0 Å². The van der Waals surface area contributed by atoms with Gasteiger partial charge in [0.05, 0.1) is 22.6 Å². The Balaban J connectivity index is 2.03. The minimum atomic E-state index is 0.723. The highest BCUT2D eigenvalue weighted by molar-refractivity contribution is 6.32. The molecule has 0 spiro atoms. The molecular formula is C20H12Cl2N2. The lowest BCUT2D eigenvalue weighted by molar-refractivity contribution is 1.20. The normalized spacial score (nSPS) is 12.7. The van der Waals surface area contributed by atoms with Gasteiger partial charge in [-0.1, -0.05) is 35.3 Å². The highest BCUT2D eigenvalue weighted by atomic mass is 35.5. The molecule has 1 aliphatic rings. The van der Waals surface area contributed by atoms with Crippen LogP contribution in [0.1, 0.15) is 0 Å². The van der Waals surface area contributed by atoms with Gasteiger partial charge in [0.1, 0.15) is 0 Å². The largest absolute Gasteiger partial charge is 0.343 e. The summed E-state index contributed by atoms with van der Waals surface area (Å²) in [7, 11) is 2.06. The minimum Gasteiger partial charge on any atom is -0.343 e. The van der Waals surface area contributed by atoms with Crippen molar-refractivity contribution in [1.82, 2.24) is 4.98 Å². The highest BCUT2D eigenvalue weighted by Gasteiger charge is 2.24. The maximum atomic E-state index is 6.22. The summed E-state index contributed by atoms with van der Waals surface area (Å²) in [5.74, 6) is 0. The molecule has 1 aliphatic heterocycles. The van der Waals surface area contributed by atoms with Gasteiger partial charge in [-0.05, 0) is 47.9 Å². The third kappa shape index (κ3) is 1.81. The smallest absolute Gasteiger partial charge is 0.0830 e. The van der Waals surface area contributed by atoms with Crippen molar-refractivity contribution in [1.29, 1.82) is 0 Å². The van der Waals surface area contributed by atoms with Crippen LogP contribution >= 0.6 is 23.2 Å². The molecule has 0 unspecified atom stereocenters.